The molecule has 0 radical (unpaired) electrons. The van der Waals surface area contributed by atoms with Gasteiger partial charge in [0.25, 0.3) is 0 Å². The van der Waals surface area contributed by atoms with Crippen LogP contribution in [0.3, 0.4) is 0 Å². The Hall–Kier alpha value is 0.137. The fourth-order valence-electron chi connectivity index (χ4n) is 0.993. The molecular weight excluding hydrogens is 144 g/mol. The average Bonchev–Trinajstić information content (AvgIpc) is 1.89. The molecule has 0 aromatic carbocycles. The van der Waals surface area contributed by atoms with E-state index < -0.39 is 0 Å². The van der Waals surface area contributed by atoms with E-state index in [4.69, 9.17) is 9.47 Å². The second-order valence-electron chi connectivity index (χ2n) is 2.52. The predicted octanol–water partition coefficient (Wildman–Crippen LogP) is 0.489. The maximum atomic E-state index is 5.46. The highest BCUT2D eigenvalue weighted by molar-refractivity contribution is 6.13. The Labute approximate surface area is 66.3 Å². The summed E-state index contributed by atoms with van der Waals surface area (Å²) >= 11 is 0. The molecule has 0 aliphatic carbocycles. The van der Waals surface area contributed by atoms with Gasteiger partial charge in [-0.3, -0.25) is 0 Å². The summed E-state index contributed by atoms with van der Waals surface area (Å²) in [6, 6.07) is 0. The van der Waals surface area contributed by atoms with Crippen molar-refractivity contribution >= 4 is 10.2 Å². The van der Waals surface area contributed by atoms with Crippen LogP contribution >= 0.6 is 0 Å². The van der Waals surface area contributed by atoms with Crippen molar-refractivity contribution in [1.29, 1.82) is 0 Å². The molecule has 3 heteroatoms. The van der Waals surface area contributed by atoms with Gasteiger partial charge < -0.3 is 9.47 Å². The van der Waals surface area contributed by atoms with Crippen molar-refractivity contribution < 1.29 is 9.47 Å². The second-order valence-corrected chi connectivity index (χ2v) is 4.04. The normalized spacial score (nSPS) is 17.1. The van der Waals surface area contributed by atoms with Gasteiger partial charge in [-0.15, -0.1) is 0 Å². The van der Waals surface area contributed by atoms with E-state index in [0.29, 0.717) is 0 Å². The van der Waals surface area contributed by atoms with Gasteiger partial charge >= 0.3 is 0 Å². The lowest BCUT2D eigenvalue weighted by Crippen LogP contribution is -2.35. The summed E-state index contributed by atoms with van der Waals surface area (Å²) in [5.41, 5.74) is -0.219. The van der Waals surface area contributed by atoms with Crippen LogP contribution in [0.25, 0.3) is 0 Å². The summed E-state index contributed by atoms with van der Waals surface area (Å²) in [4.78, 5) is 0. The topological polar surface area (TPSA) is 18.5 Å². The molecule has 62 valence electrons. The smallest absolute Gasteiger partial charge is 0.141 e. The molecule has 1 atom stereocenters. The molecule has 0 heterocycles. The van der Waals surface area contributed by atoms with Crippen LogP contribution in [-0.2, 0) is 9.47 Å². The van der Waals surface area contributed by atoms with E-state index in [-0.39, 0.29) is 5.41 Å². The summed E-state index contributed by atoms with van der Waals surface area (Å²) in [7, 11) is 2.66. The van der Waals surface area contributed by atoms with Crippen molar-refractivity contribution in [3.63, 3.8) is 0 Å². The molecule has 0 saturated heterocycles. The van der Waals surface area contributed by atoms with Crippen LogP contribution in [0.1, 0.15) is 26.7 Å². The van der Waals surface area contributed by atoms with Crippen molar-refractivity contribution in [1.82, 2.24) is 0 Å². The van der Waals surface area contributed by atoms with Crippen molar-refractivity contribution in [3.8, 4) is 0 Å². The largest absolute Gasteiger partial charge is 0.358 e. The van der Waals surface area contributed by atoms with E-state index in [1.54, 1.807) is 7.11 Å². The van der Waals surface area contributed by atoms with Gasteiger partial charge in [-0.05, 0) is 13.3 Å². The molecule has 0 aliphatic rings. The standard InChI is InChI=1S/C7H18O2Si/c1-4-6-7(10,8-3)9-5-2/h4-6H2,1-3,10H3. The van der Waals surface area contributed by atoms with Crippen LogP contribution < -0.4 is 0 Å². The van der Waals surface area contributed by atoms with Gasteiger partial charge in [-0.1, -0.05) is 13.3 Å². The molecule has 0 aliphatic heterocycles. The van der Waals surface area contributed by atoms with Crippen LogP contribution in [0.15, 0.2) is 0 Å². The van der Waals surface area contributed by atoms with E-state index in [1.165, 1.54) is 0 Å². The molecule has 10 heavy (non-hydrogen) atoms. The SMILES string of the molecule is CCCC([SiH3])(OC)OCC. The zero-order valence-electron chi connectivity index (χ0n) is 7.44. The van der Waals surface area contributed by atoms with Gasteiger partial charge in [0.2, 0.25) is 0 Å². The highest BCUT2D eigenvalue weighted by atomic mass is 28.1. The fourth-order valence-corrected chi connectivity index (χ4v) is 1.78. The van der Waals surface area contributed by atoms with Gasteiger partial charge in [0.05, 0.1) is 10.2 Å². The fraction of sp³-hybridized carbons (Fsp3) is 1.00. The summed E-state index contributed by atoms with van der Waals surface area (Å²) in [5.74, 6) is 0. The minimum atomic E-state index is -0.219. The molecule has 1 unspecified atom stereocenters. The van der Waals surface area contributed by atoms with E-state index in [0.717, 1.165) is 29.7 Å². The summed E-state index contributed by atoms with van der Waals surface area (Å²) in [5, 5.41) is 0. The Kier molecular flexibility index (Phi) is 4.94. The molecular formula is C7H18O2Si. The highest BCUT2D eigenvalue weighted by Gasteiger charge is 2.21. The summed E-state index contributed by atoms with van der Waals surface area (Å²) < 4.78 is 10.7. The Balaban J connectivity index is 3.69. The monoisotopic (exact) mass is 162 g/mol. The molecule has 0 saturated carbocycles. The number of rotatable bonds is 5. The molecule has 0 rings (SSSR count). The predicted molar refractivity (Wildman–Crippen MR) is 46.2 cm³/mol. The second kappa shape index (κ2) is 4.88. The average molecular weight is 162 g/mol. The van der Waals surface area contributed by atoms with Gasteiger partial charge in [0.15, 0.2) is 0 Å². The zero-order valence-corrected chi connectivity index (χ0v) is 9.44. The summed E-state index contributed by atoms with van der Waals surface area (Å²) in [6.07, 6.45) is 2.14. The maximum absolute atomic E-state index is 5.46. The lowest BCUT2D eigenvalue weighted by molar-refractivity contribution is -0.162. The number of hydrogen-bond donors (Lipinski definition) is 0. The molecule has 2 nitrogen and oxygen atoms in total. The molecule has 0 spiro atoms. The van der Waals surface area contributed by atoms with Crippen LogP contribution in [-0.4, -0.2) is 29.4 Å². The van der Waals surface area contributed by atoms with Crippen molar-refractivity contribution in [2.75, 3.05) is 13.7 Å². The number of hydrogen-bond acceptors (Lipinski definition) is 2. The van der Waals surface area contributed by atoms with E-state index in [1.807, 2.05) is 6.92 Å². The minimum Gasteiger partial charge on any atom is -0.358 e. The first kappa shape index (κ1) is 10.1. The first-order chi connectivity index (χ1) is 4.68. The third-order valence-electron chi connectivity index (χ3n) is 1.59. The quantitative estimate of drug-likeness (QED) is 0.433. The Bertz CT molecular complexity index is 79.7. The van der Waals surface area contributed by atoms with Crippen LogP contribution in [0.4, 0.5) is 0 Å². The van der Waals surface area contributed by atoms with E-state index in [9.17, 15) is 0 Å². The zero-order chi connectivity index (χ0) is 8.04. The van der Waals surface area contributed by atoms with Gasteiger partial charge in [-0.2, -0.15) is 0 Å². The van der Waals surface area contributed by atoms with E-state index in [2.05, 4.69) is 6.92 Å². The minimum absolute atomic E-state index is 0.219. The molecule has 0 aromatic heterocycles. The molecule has 0 aromatic rings. The third-order valence-corrected chi connectivity index (χ3v) is 2.78. The Morgan fingerprint density at radius 2 is 2.00 bits per heavy atom. The Morgan fingerprint density at radius 1 is 1.40 bits per heavy atom. The number of ether oxygens (including phenoxy) is 2. The highest BCUT2D eigenvalue weighted by Crippen LogP contribution is 2.13. The number of methoxy groups -OCH3 is 1. The van der Waals surface area contributed by atoms with Crippen LogP contribution in [0.5, 0.6) is 0 Å². The lowest BCUT2D eigenvalue weighted by atomic mass is 10.3. The van der Waals surface area contributed by atoms with Crippen LogP contribution in [0, 0.1) is 0 Å². The van der Waals surface area contributed by atoms with E-state index >= 15 is 0 Å². The molecule has 0 amide bonds. The van der Waals surface area contributed by atoms with Crippen molar-refractivity contribution in [2.24, 2.45) is 0 Å². The van der Waals surface area contributed by atoms with Crippen molar-refractivity contribution in [3.05, 3.63) is 0 Å². The third kappa shape index (κ3) is 3.34. The maximum Gasteiger partial charge on any atom is 0.141 e. The van der Waals surface area contributed by atoms with Gasteiger partial charge in [0, 0.05) is 13.7 Å². The van der Waals surface area contributed by atoms with Crippen molar-refractivity contribution in [2.45, 2.75) is 32.1 Å². The molecule has 0 bridgehead atoms. The summed E-state index contributed by atoms with van der Waals surface area (Å²) in [6.45, 7) is 4.89. The van der Waals surface area contributed by atoms with Crippen LogP contribution in [0.2, 0.25) is 0 Å². The first-order valence-electron chi connectivity index (χ1n) is 3.87. The molecule has 0 fully saturated rings. The first-order valence-corrected chi connectivity index (χ1v) is 4.87. The Morgan fingerprint density at radius 3 is 2.30 bits per heavy atom. The lowest BCUT2D eigenvalue weighted by Gasteiger charge is -2.27. The molecule has 0 N–H and O–H groups in total. The van der Waals surface area contributed by atoms with Gasteiger partial charge in [0.1, 0.15) is 5.41 Å². The van der Waals surface area contributed by atoms with Gasteiger partial charge in [-0.25, -0.2) is 0 Å².